The Labute approximate surface area is 72.0 Å². The standard InChI is InChI=1S/C6H14N2O3S/c1-12(10,11)6(9)5(8)3-2-4-7/h5H,2-4,7-8H2,1H3/t5-/m0/s1. The Morgan fingerprint density at radius 2 is 2.00 bits per heavy atom. The molecular weight excluding hydrogens is 180 g/mol. The van der Waals surface area contributed by atoms with Gasteiger partial charge in [0.2, 0.25) is 9.84 Å². The summed E-state index contributed by atoms with van der Waals surface area (Å²) in [6.07, 6.45) is 1.74. The minimum atomic E-state index is -3.64. The van der Waals surface area contributed by atoms with Gasteiger partial charge in [-0.15, -0.1) is 0 Å². The lowest BCUT2D eigenvalue weighted by Gasteiger charge is -2.06. The first-order valence-electron chi connectivity index (χ1n) is 3.59. The molecule has 72 valence electrons. The van der Waals surface area contributed by atoms with E-state index in [0.29, 0.717) is 19.4 Å². The second-order valence-electron chi connectivity index (χ2n) is 2.63. The van der Waals surface area contributed by atoms with Gasteiger partial charge in [-0.05, 0) is 19.4 Å². The number of hydrogen-bond acceptors (Lipinski definition) is 5. The minimum Gasteiger partial charge on any atom is -0.330 e. The maximum absolute atomic E-state index is 10.9. The van der Waals surface area contributed by atoms with Crippen LogP contribution in [0.4, 0.5) is 0 Å². The summed E-state index contributed by atoms with van der Waals surface area (Å²) in [5, 5.41) is -0.907. The second kappa shape index (κ2) is 4.54. The minimum absolute atomic E-state index is 0.322. The monoisotopic (exact) mass is 194 g/mol. The highest BCUT2D eigenvalue weighted by Gasteiger charge is 2.22. The van der Waals surface area contributed by atoms with E-state index >= 15 is 0 Å². The van der Waals surface area contributed by atoms with Crippen LogP contribution in [0.5, 0.6) is 0 Å². The highest BCUT2D eigenvalue weighted by atomic mass is 32.2. The summed E-state index contributed by atoms with van der Waals surface area (Å²) >= 11 is 0. The smallest absolute Gasteiger partial charge is 0.262 e. The summed E-state index contributed by atoms with van der Waals surface area (Å²) in [6.45, 7) is 0.407. The van der Waals surface area contributed by atoms with E-state index in [1.54, 1.807) is 0 Å². The van der Waals surface area contributed by atoms with Crippen LogP contribution in [0.3, 0.4) is 0 Å². The van der Waals surface area contributed by atoms with Gasteiger partial charge >= 0.3 is 0 Å². The Balaban J connectivity index is 4.12. The summed E-state index contributed by atoms with van der Waals surface area (Å²) in [4.78, 5) is 10.9. The number of hydrogen-bond donors (Lipinski definition) is 2. The van der Waals surface area contributed by atoms with Gasteiger partial charge in [0.25, 0.3) is 5.12 Å². The van der Waals surface area contributed by atoms with Crippen LogP contribution in [0.25, 0.3) is 0 Å². The summed E-state index contributed by atoms with van der Waals surface area (Å²) in [5.41, 5.74) is 10.5. The zero-order chi connectivity index (χ0) is 9.78. The fraction of sp³-hybridized carbons (Fsp3) is 0.833. The number of carbonyl (C=O) groups is 1. The number of rotatable bonds is 4. The van der Waals surface area contributed by atoms with Crippen LogP contribution in [-0.4, -0.2) is 32.4 Å². The lowest BCUT2D eigenvalue weighted by molar-refractivity contribution is -0.113. The Bertz CT molecular complexity index is 248. The molecule has 0 amide bonds. The van der Waals surface area contributed by atoms with E-state index in [0.717, 1.165) is 6.26 Å². The van der Waals surface area contributed by atoms with E-state index in [-0.39, 0.29) is 0 Å². The van der Waals surface area contributed by atoms with Crippen molar-refractivity contribution in [1.82, 2.24) is 0 Å². The first-order valence-corrected chi connectivity index (χ1v) is 5.48. The molecule has 0 fully saturated rings. The molecule has 0 aromatic heterocycles. The molecule has 4 N–H and O–H groups in total. The van der Waals surface area contributed by atoms with E-state index in [2.05, 4.69) is 0 Å². The third kappa shape index (κ3) is 3.80. The first-order chi connectivity index (χ1) is 5.39. The van der Waals surface area contributed by atoms with Crippen LogP contribution >= 0.6 is 0 Å². The average Bonchev–Trinajstić information content (AvgIpc) is 1.97. The normalized spacial score (nSPS) is 14.2. The lowest BCUT2D eigenvalue weighted by Crippen LogP contribution is -2.35. The fourth-order valence-electron chi connectivity index (χ4n) is 0.731. The van der Waals surface area contributed by atoms with E-state index < -0.39 is 21.0 Å². The second-order valence-corrected chi connectivity index (χ2v) is 4.58. The molecule has 6 heteroatoms. The Kier molecular flexibility index (Phi) is 4.36. The molecular formula is C6H14N2O3S. The number of nitrogens with two attached hydrogens (primary N) is 2. The molecule has 0 spiro atoms. The highest BCUT2D eigenvalue weighted by Crippen LogP contribution is 1.98. The molecule has 5 nitrogen and oxygen atoms in total. The topological polar surface area (TPSA) is 103 Å². The Morgan fingerprint density at radius 3 is 2.33 bits per heavy atom. The molecule has 0 aliphatic rings. The first kappa shape index (κ1) is 11.5. The SMILES string of the molecule is CS(=O)(=O)C(=O)[C@@H](N)CCCN. The molecule has 0 aliphatic heterocycles. The van der Waals surface area contributed by atoms with Crippen molar-refractivity contribution in [3.05, 3.63) is 0 Å². The number of carbonyl (C=O) groups excluding carboxylic acids is 1. The quantitative estimate of drug-likeness (QED) is 0.574. The van der Waals surface area contributed by atoms with Gasteiger partial charge in [-0.25, -0.2) is 8.42 Å². The molecule has 0 bridgehead atoms. The van der Waals surface area contributed by atoms with Crippen molar-refractivity contribution in [3.63, 3.8) is 0 Å². The zero-order valence-electron chi connectivity index (χ0n) is 6.99. The summed E-state index contributed by atoms with van der Waals surface area (Å²) in [7, 11) is -3.64. The van der Waals surface area contributed by atoms with Gasteiger partial charge in [-0.3, -0.25) is 4.79 Å². The van der Waals surface area contributed by atoms with Crippen molar-refractivity contribution in [2.75, 3.05) is 12.8 Å². The van der Waals surface area contributed by atoms with Crippen molar-refractivity contribution in [2.24, 2.45) is 11.5 Å². The van der Waals surface area contributed by atoms with Crippen LogP contribution in [0.2, 0.25) is 0 Å². The molecule has 1 atom stereocenters. The molecule has 0 unspecified atom stereocenters. The lowest BCUT2D eigenvalue weighted by atomic mass is 10.2. The summed E-state index contributed by atoms with van der Waals surface area (Å²) in [5.74, 6) is 0. The van der Waals surface area contributed by atoms with Gasteiger partial charge < -0.3 is 11.5 Å². The summed E-state index contributed by atoms with van der Waals surface area (Å²) in [6, 6.07) is -0.927. The third-order valence-corrected chi connectivity index (χ3v) is 2.42. The van der Waals surface area contributed by atoms with E-state index in [1.165, 1.54) is 0 Å². The molecule has 0 rings (SSSR count). The van der Waals surface area contributed by atoms with Crippen LogP contribution in [0.15, 0.2) is 0 Å². The van der Waals surface area contributed by atoms with E-state index in [1.807, 2.05) is 0 Å². The Hall–Kier alpha value is -0.460. The van der Waals surface area contributed by atoms with Gasteiger partial charge in [-0.1, -0.05) is 0 Å². The predicted octanol–water partition coefficient (Wildman–Crippen LogP) is -1.38. The van der Waals surface area contributed by atoms with Crippen LogP contribution in [0.1, 0.15) is 12.8 Å². The van der Waals surface area contributed by atoms with Gasteiger partial charge in [0.05, 0.1) is 6.04 Å². The zero-order valence-corrected chi connectivity index (χ0v) is 7.80. The third-order valence-electron chi connectivity index (χ3n) is 1.39. The number of sulfone groups is 1. The average molecular weight is 194 g/mol. The maximum atomic E-state index is 10.9. The molecule has 0 saturated carbocycles. The van der Waals surface area contributed by atoms with Gasteiger partial charge in [0, 0.05) is 6.26 Å². The van der Waals surface area contributed by atoms with Crippen molar-refractivity contribution < 1.29 is 13.2 Å². The van der Waals surface area contributed by atoms with Crippen molar-refractivity contribution in [3.8, 4) is 0 Å². The molecule has 0 heterocycles. The fourth-order valence-corrected chi connectivity index (χ4v) is 1.40. The molecule has 0 aromatic carbocycles. The van der Waals surface area contributed by atoms with E-state index in [4.69, 9.17) is 11.5 Å². The maximum Gasteiger partial charge on any atom is 0.262 e. The molecule has 12 heavy (non-hydrogen) atoms. The van der Waals surface area contributed by atoms with Crippen molar-refractivity contribution in [1.29, 1.82) is 0 Å². The van der Waals surface area contributed by atoms with Gasteiger partial charge in [0.15, 0.2) is 0 Å². The van der Waals surface area contributed by atoms with Crippen molar-refractivity contribution >= 4 is 15.0 Å². The molecule has 0 aliphatic carbocycles. The van der Waals surface area contributed by atoms with Crippen molar-refractivity contribution in [2.45, 2.75) is 18.9 Å². The summed E-state index contributed by atoms with van der Waals surface area (Å²) < 4.78 is 21.4. The van der Waals surface area contributed by atoms with Crippen LogP contribution in [-0.2, 0) is 14.6 Å². The molecule has 0 radical (unpaired) electrons. The predicted molar refractivity (Wildman–Crippen MR) is 46.1 cm³/mol. The van der Waals surface area contributed by atoms with Gasteiger partial charge in [-0.2, -0.15) is 0 Å². The highest BCUT2D eigenvalue weighted by molar-refractivity contribution is 8.05. The molecule has 0 saturated heterocycles. The van der Waals surface area contributed by atoms with Gasteiger partial charge in [0.1, 0.15) is 0 Å². The largest absolute Gasteiger partial charge is 0.330 e. The van der Waals surface area contributed by atoms with Crippen LogP contribution in [0, 0.1) is 0 Å². The molecule has 0 aromatic rings. The van der Waals surface area contributed by atoms with E-state index in [9.17, 15) is 13.2 Å². The Morgan fingerprint density at radius 1 is 1.50 bits per heavy atom. The van der Waals surface area contributed by atoms with Crippen LogP contribution < -0.4 is 11.5 Å².